The normalized spacial score (nSPS) is 18.6. The van der Waals surface area contributed by atoms with E-state index in [-0.39, 0.29) is 0 Å². The molecule has 1 heterocycles. The van der Waals surface area contributed by atoms with E-state index in [4.69, 9.17) is 4.74 Å². The van der Waals surface area contributed by atoms with Crippen LogP contribution in [0, 0.1) is 0 Å². The third-order valence-corrected chi connectivity index (χ3v) is 3.16. The Balaban J connectivity index is 1.88. The highest BCUT2D eigenvalue weighted by atomic mass is 16.5. The molecule has 1 aliphatic rings. The monoisotopic (exact) mass is 220 g/mol. The van der Waals surface area contributed by atoms with E-state index in [1.165, 1.54) is 31.7 Å². The largest absolute Gasteiger partial charge is 0.497 e. The number of ether oxygens (including phenoxy) is 1. The van der Waals surface area contributed by atoms with Gasteiger partial charge in [0.25, 0.3) is 0 Å². The van der Waals surface area contributed by atoms with Gasteiger partial charge in [-0.3, -0.25) is 4.90 Å². The Kier molecular flexibility index (Phi) is 3.80. The van der Waals surface area contributed by atoms with E-state index in [0.717, 1.165) is 12.3 Å². The zero-order chi connectivity index (χ0) is 11.4. The van der Waals surface area contributed by atoms with E-state index in [1.54, 1.807) is 7.11 Å². The lowest BCUT2D eigenvalue weighted by atomic mass is 10.2. The van der Waals surface area contributed by atoms with E-state index in [1.807, 2.05) is 12.1 Å². The number of hydrogen-bond donors (Lipinski definition) is 0. The molecule has 0 saturated carbocycles. The van der Waals surface area contributed by atoms with E-state index < -0.39 is 0 Å². The second kappa shape index (κ2) is 5.32. The summed E-state index contributed by atoms with van der Waals surface area (Å²) in [6.45, 7) is 5.75. The molecule has 0 bridgehead atoms. The average Bonchev–Trinajstić information content (AvgIpc) is 2.33. The van der Waals surface area contributed by atoms with Crippen LogP contribution in [-0.4, -0.2) is 50.1 Å². The first kappa shape index (κ1) is 11.4. The molecule has 3 nitrogen and oxygen atoms in total. The molecule has 3 heteroatoms. The van der Waals surface area contributed by atoms with Gasteiger partial charge in [0.1, 0.15) is 5.75 Å². The Hall–Kier alpha value is -1.06. The third kappa shape index (κ3) is 2.97. The first-order chi connectivity index (χ1) is 7.78. The van der Waals surface area contributed by atoms with Gasteiger partial charge in [-0.1, -0.05) is 12.1 Å². The van der Waals surface area contributed by atoms with E-state index in [0.29, 0.717) is 0 Å². The summed E-state index contributed by atoms with van der Waals surface area (Å²) in [5.74, 6) is 0.933. The fourth-order valence-corrected chi connectivity index (χ4v) is 2.00. The average molecular weight is 220 g/mol. The molecule has 88 valence electrons. The van der Waals surface area contributed by atoms with Crippen LogP contribution in [0.3, 0.4) is 0 Å². The highest BCUT2D eigenvalue weighted by Gasteiger charge is 2.13. The maximum Gasteiger partial charge on any atom is 0.118 e. The van der Waals surface area contributed by atoms with Gasteiger partial charge in [0.05, 0.1) is 7.11 Å². The summed E-state index contributed by atoms with van der Waals surface area (Å²) in [7, 11) is 3.89. The molecule has 1 aromatic rings. The maximum absolute atomic E-state index is 5.15. The summed E-state index contributed by atoms with van der Waals surface area (Å²) in [6, 6.07) is 8.37. The summed E-state index contributed by atoms with van der Waals surface area (Å²) < 4.78 is 5.15. The van der Waals surface area contributed by atoms with Crippen molar-refractivity contribution in [3.8, 4) is 5.75 Å². The number of hydrogen-bond acceptors (Lipinski definition) is 3. The molecule has 1 fully saturated rings. The minimum absolute atomic E-state index is 0.933. The fraction of sp³-hybridized carbons (Fsp3) is 0.538. The van der Waals surface area contributed by atoms with Crippen molar-refractivity contribution in [3.63, 3.8) is 0 Å². The third-order valence-electron chi connectivity index (χ3n) is 3.16. The fourth-order valence-electron chi connectivity index (χ4n) is 2.00. The topological polar surface area (TPSA) is 15.7 Å². The van der Waals surface area contributed by atoms with Crippen LogP contribution in [-0.2, 0) is 6.54 Å². The summed E-state index contributed by atoms with van der Waals surface area (Å²) in [5.41, 5.74) is 1.37. The highest BCUT2D eigenvalue weighted by molar-refractivity contribution is 5.27. The van der Waals surface area contributed by atoms with Crippen LogP contribution in [0.5, 0.6) is 5.75 Å². The van der Waals surface area contributed by atoms with Crippen LogP contribution < -0.4 is 4.74 Å². The van der Waals surface area contributed by atoms with Gasteiger partial charge in [-0.05, 0) is 24.7 Å². The molecule has 0 amide bonds. The minimum atomic E-state index is 0.933. The molecule has 0 spiro atoms. The van der Waals surface area contributed by atoms with Crippen molar-refractivity contribution in [3.05, 3.63) is 29.8 Å². The van der Waals surface area contributed by atoms with E-state index in [2.05, 4.69) is 29.0 Å². The Labute approximate surface area is 97.6 Å². The van der Waals surface area contributed by atoms with Crippen molar-refractivity contribution in [2.75, 3.05) is 40.3 Å². The first-order valence-electron chi connectivity index (χ1n) is 5.82. The quantitative estimate of drug-likeness (QED) is 0.766. The predicted molar refractivity (Wildman–Crippen MR) is 65.8 cm³/mol. The van der Waals surface area contributed by atoms with Gasteiger partial charge < -0.3 is 9.64 Å². The van der Waals surface area contributed by atoms with Gasteiger partial charge in [-0.2, -0.15) is 0 Å². The number of likely N-dealkylation sites (N-methyl/N-ethyl adjacent to an activating group) is 1. The van der Waals surface area contributed by atoms with Crippen molar-refractivity contribution in [2.45, 2.75) is 6.54 Å². The zero-order valence-corrected chi connectivity index (χ0v) is 10.1. The Morgan fingerprint density at radius 2 is 1.69 bits per heavy atom. The van der Waals surface area contributed by atoms with Crippen LogP contribution in [0.25, 0.3) is 0 Å². The van der Waals surface area contributed by atoms with Crippen LogP contribution in [0.15, 0.2) is 24.3 Å². The van der Waals surface area contributed by atoms with Crippen LogP contribution in [0.4, 0.5) is 0 Å². The van der Waals surface area contributed by atoms with Gasteiger partial charge in [-0.15, -0.1) is 0 Å². The molecule has 1 aliphatic heterocycles. The number of piperazine rings is 1. The van der Waals surface area contributed by atoms with Gasteiger partial charge in [-0.25, -0.2) is 0 Å². The lowest BCUT2D eigenvalue weighted by molar-refractivity contribution is 0.148. The number of rotatable bonds is 3. The number of methoxy groups -OCH3 is 1. The molecular formula is C13H20N2O. The number of nitrogens with zero attached hydrogens (tertiary/aromatic N) is 2. The second-order valence-electron chi connectivity index (χ2n) is 4.43. The molecule has 1 saturated heterocycles. The summed E-state index contributed by atoms with van der Waals surface area (Å²) in [6.07, 6.45) is 0. The standard InChI is InChI=1S/C13H20N2O/c1-14-7-9-15(10-8-14)11-12-3-5-13(16-2)6-4-12/h3-6H,7-11H2,1-2H3. The summed E-state index contributed by atoms with van der Waals surface area (Å²) in [5, 5.41) is 0. The smallest absolute Gasteiger partial charge is 0.118 e. The van der Waals surface area contributed by atoms with Crippen molar-refractivity contribution >= 4 is 0 Å². The van der Waals surface area contributed by atoms with Crippen molar-refractivity contribution in [1.82, 2.24) is 9.80 Å². The van der Waals surface area contributed by atoms with Crippen molar-refractivity contribution in [2.24, 2.45) is 0 Å². The zero-order valence-electron chi connectivity index (χ0n) is 10.1. The first-order valence-corrected chi connectivity index (χ1v) is 5.82. The van der Waals surface area contributed by atoms with Gasteiger partial charge in [0, 0.05) is 32.7 Å². The summed E-state index contributed by atoms with van der Waals surface area (Å²) >= 11 is 0. The molecule has 0 aromatic heterocycles. The number of benzene rings is 1. The predicted octanol–water partition coefficient (Wildman–Crippen LogP) is 1.44. The molecule has 16 heavy (non-hydrogen) atoms. The van der Waals surface area contributed by atoms with Crippen LogP contribution >= 0.6 is 0 Å². The lowest BCUT2D eigenvalue weighted by Crippen LogP contribution is -2.43. The van der Waals surface area contributed by atoms with Gasteiger partial charge in [0.2, 0.25) is 0 Å². The molecule has 1 aromatic carbocycles. The van der Waals surface area contributed by atoms with E-state index in [9.17, 15) is 0 Å². The molecule has 0 unspecified atom stereocenters. The Bertz CT molecular complexity index is 315. The van der Waals surface area contributed by atoms with Gasteiger partial charge in [0.15, 0.2) is 0 Å². The molecular weight excluding hydrogens is 200 g/mol. The van der Waals surface area contributed by atoms with Gasteiger partial charge >= 0.3 is 0 Å². The molecule has 0 aliphatic carbocycles. The van der Waals surface area contributed by atoms with Crippen LogP contribution in [0.2, 0.25) is 0 Å². The minimum Gasteiger partial charge on any atom is -0.497 e. The summed E-state index contributed by atoms with van der Waals surface area (Å²) in [4.78, 5) is 4.88. The molecule has 2 rings (SSSR count). The lowest BCUT2D eigenvalue weighted by Gasteiger charge is -2.32. The van der Waals surface area contributed by atoms with Crippen molar-refractivity contribution in [1.29, 1.82) is 0 Å². The van der Waals surface area contributed by atoms with Crippen molar-refractivity contribution < 1.29 is 4.74 Å². The highest BCUT2D eigenvalue weighted by Crippen LogP contribution is 2.13. The second-order valence-corrected chi connectivity index (χ2v) is 4.43. The van der Waals surface area contributed by atoms with Crippen LogP contribution in [0.1, 0.15) is 5.56 Å². The Morgan fingerprint density at radius 3 is 2.25 bits per heavy atom. The molecule has 0 atom stereocenters. The maximum atomic E-state index is 5.15. The SMILES string of the molecule is COc1ccc(CN2CCN(C)CC2)cc1. The molecule has 0 N–H and O–H groups in total. The van der Waals surface area contributed by atoms with E-state index >= 15 is 0 Å². The Morgan fingerprint density at radius 1 is 1.06 bits per heavy atom. The molecule has 0 radical (unpaired) electrons.